The average Bonchev–Trinajstić information content (AvgIpc) is 2.86. The van der Waals surface area contributed by atoms with E-state index in [-0.39, 0.29) is 29.9 Å². The molecule has 0 saturated carbocycles. The number of aliphatic hydroxyl groups is 1. The number of benzene rings is 1. The van der Waals surface area contributed by atoms with Crippen LogP contribution in [0.25, 0.3) is 0 Å². The molecule has 3 amide bonds. The number of hydrogen-bond donors (Lipinski definition) is 3. The minimum atomic E-state index is -1.01. The Labute approximate surface area is 250 Å². The first-order valence-corrected chi connectivity index (χ1v) is 15.5. The van der Waals surface area contributed by atoms with E-state index in [0.29, 0.717) is 26.1 Å². The van der Waals surface area contributed by atoms with Gasteiger partial charge in [0.1, 0.15) is 5.60 Å². The molecule has 3 N–H and O–H groups in total. The smallest absolute Gasteiger partial charge is 0.407 e. The summed E-state index contributed by atoms with van der Waals surface area (Å²) >= 11 is 1.71. The number of thioether (sulfide) groups is 1. The van der Waals surface area contributed by atoms with Crippen LogP contribution < -0.4 is 15.5 Å². The zero-order valence-electron chi connectivity index (χ0n) is 26.1. The topological polar surface area (TPSA) is 117 Å². The number of nitrogens with zero attached hydrogens (tertiary/aromatic N) is 1. The van der Waals surface area contributed by atoms with Crippen LogP contribution in [0, 0.1) is 11.3 Å². The number of rotatable bonds is 14. The zero-order chi connectivity index (χ0) is 30.8. The largest absolute Gasteiger partial charge is 0.444 e. The Morgan fingerprint density at radius 2 is 1.85 bits per heavy atom. The highest BCUT2D eigenvalue weighted by Gasteiger charge is 2.36. The molecule has 1 aliphatic rings. The second-order valence-electron chi connectivity index (χ2n) is 12.8. The van der Waals surface area contributed by atoms with Crippen molar-refractivity contribution in [2.24, 2.45) is 11.3 Å². The summed E-state index contributed by atoms with van der Waals surface area (Å²) in [5.74, 6) is -0.608. The van der Waals surface area contributed by atoms with Crippen LogP contribution in [-0.2, 0) is 19.1 Å². The first-order valence-electron chi connectivity index (χ1n) is 14.7. The summed E-state index contributed by atoms with van der Waals surface area (Å²) in [5.41, 5.74) is -0.409. The summed E-state index contributed by atoms with van der Waals surface area (Å²) in [7, 11) is 1.66. The van der Waals surface area contributed by atoms with Gasteiger partial charge in [0.15, 0.2) is 0 Å². The van der Waals surface area contributed by atoms with E-state index >= 15 is 0 Å². The van der Waals surface area contributed by atoms with E-state index in [2.05, 4.69) is 17.6 Å². The number of fused-ring (bicyclic) bond motifs is 1. The van der Waals surface area contributed by atoms with Crippen molar-refractivity contribution in [3.8, 4) is 0 Å². The Kier molecular flexibility index (Phi) is 13.4. The molecular formula is C31H51N3O6S. The van der Waals surface area contributed by atoms with Gasteiger partial charge in [-0.15, -0.1) is 11.8 Å². The lowest BCUT2D eigenvalue weighted by Crippen LogP contribution is -2.49. The average molecular weight is 594 g/mol. The molecule has 0 fully saturated rings. The van der Waals surface area contributed by atoms with Gasteiger partial charge in [-0.05, 0) is 57.6 Å². The third-order valence-corrected chi connectivity index (χ3v) is 8.15. The summed E-state index contributed by atoms with van der Waals surface area (Å²) < 4.78 is 10.9. The van der Waals surface area contributed by atoms with Crippen molar-refractivity contribution in [1.29, 1.82) is 0 Å². The van der Waals surface area contributed by atoms with Crippen LogP contribution >= 0.6 is 11.8 Å². The molecule has 0 bridgehead atoms. The molecule has 10 heteroatoms. The molecule has 4 atom stereocenters. The first kappa shape index (κ1) is 34.9. The van der Waals surface area contributed by atoms with Crippen LogP contribution in [0.4, 0.5) is 10.5 Å². The number of para-hydroxylation sites is 1. The third kappa shape index (κ3) is 11.8. The molecule has 0 saturated heterocycles. The molecule has 0 aliphatic carbocycles. The van der Waals surface area contributed by atoms with Gasteiger partial charge in [-0.2, -0.15) is 0 Å². The minimum Gasteiger partial charge on any atom is -0.444 e. The van der Waals surface area contributed by atoms with Crippen LogP contribution in [0.3, 0.4) is 0 Å². The molecule has 2 rings (SSSR count). The number of amides is 3. The van der Waals surface area contributed by atoms with Gasteiger partial charge in [-0.3, -0.25) is 9.59 Å². The number of methoxy groups -OCH3 is 1. The van der Waals surface area contributed by atoms with E-state index in [1.807, 2.05) is 43.0 Å². The van der Waals surface area contributed by atoms with E-state index in [4.69, 9.17) is 9.47 Å². The third-order valence-electron chi connectivity index (χ3n) is 6.93. The van der Waals surface area contributed by atoms with Gasteiger partial charge in [0.25, 0.3) is 0 Å². The lowest BCUT2D eigenvalue weighted by Gasteiger charge is -2.37. The molecule has 1 aromatic carbocycles. The Hall–Kier alpha value is -2.30. The standard InChI is InChI=1S/C31H51N3O6S/c1-9-10-15-32-28(37)21(2)16-25(35)23(33-29(38)40-30(3,4)5)17-31(6,7)18-27(36)34-19-22(20-39-8)41-26-14-12-11-13-24(26)34/h11-14,21-23,25,35H,9-10,15-20H2,1-8H3,(H,32,37)(H,33,38)/t21-,22?,23+,25+/m1/s1. The fraction of sp³-hybridized carbons (Fsp3) is 0.710. The molecule has 1 aliphatic heterocycles. The van der Waals surface area contributed by atoms with Crippen LogP contribution in [0.2, 0.25) is 0 Å². The highest BCUT2D eigenvalue weighted by atomic mass is 32.2. The van der Waals surface area contributed by atoms with Gasteiger partial charge in [-0.25, -0.2) is 4.79 Å². The molecule has 41 heavy (non-hydrogen) atoms. The highest BCUT2D eigenvalue weighted by Crippen LogP contribution is 2.40. The van der Waals surface area contributed by atoms with Crippen LogP contribution in [0.15, 0.2) is 29.2 Å². The van der Waals surface area contributed by atoms with Gasteiger partial charge in [-0.1, -0.05) is 46.2 Å². The van der Waals surface area contributed by atoms with Crippen LogP contribution in [0.1, 0.15) is 80.6 Å². The summed E-state index contributed by atoms with van der Waals surface area (Å²) in [6.45, 7) is 14.7. The fourth-order valence-corrected chi connectivity index (χ4v) is 6.16. The van der Waals surface area contributed by atoms with Crippen molar-refractivity contribution in [2.75, 3.05) is 31.7 Å². The fourth-order valence-electron chi connectivity index (χ4n) is 4.92. The van der Waals surface area contributed by atoms with E-state index in [1.165, 1.54) is 0 Å². The monoisotopic (exact) mass is 593 g/mol. The molecule has 0 spiro atoms. The van der Waals surface area contributed by atoms with E-state index in [0.717, 1.165) is 23.4 Å². The lowest BCUT2D eigenvalue weighted by atomic mass is 9.79. The molecule has 0 aromatic heterocycles. The molecule has 1 heterocycles. The SMILES string of the molecule is CCCCNC(=O)[C@H](C)C[C@H](O)[C@H](CC(C)(C)CC(=O)N1CC(COC)Sc2ccccc21)NC(=O)OC(C)(C)C. The van der Waals surface area contributed by atoms with Crippen molar-refractivity contribution in [3.63, 3.8) is 0 Å². The number of carbonyl (C=O) groups excluding carboxylic acids is 3. The second-order valence-corrected chi connectivity index (χ2v) is 14.2. The molecule has 232 valence electrons. The number of carbonyl (C=O) groups is 3. The second kappa shape index (κ2) is 15.8. The maximum atomic E-state index is 13.7. The summed E-state index contributed by atoms with van der Waals surface area (Å²) in [5, 5.41) is 17.1. The number of anilines is 1. The summed E-state index contributed by atoms with van der Waals surface area (Å²) in [6.07, 6.45) is 0.890. The van der Waals surface area contributed by atoms with E-state index < -0.39 is 35.2 Å². The number of hydrogen-bond acceptors (Lipinski definition) is 7. The molecule has 1 aromatic rings. The van der Waals surface area contributed by atoms with Gasteiger partial charge >= 0.3 is 6.09 Å². The Morgan fingerprint density at radius 3 is 2.49 bits per heavy atom. The van der Waals surface area contributed by atoms with Gasteiger partial charge in [0.05, 0.1) is 29.7 Å². The van der Waals surface area contributed by atoms with E-state index in [1.54, 1.807) is 46.6 Å². The lowest BCUT2D eigenvalue weighted by molar-refractivity contribution is -0.125. The minimum absolute atomic E-state index is 0.0296. The van der Waals surface area contributed by atoms with Crippen molar-refractivity contribution in [1.82, 2.24) is 10.6 Å². The molecule has 9 nitrogen and oxygen atoms in total. The number of unbranched alkanes of at least 4 members (excludes halogenated alkanes) is 1. The van der Waals surface area contributed by atoms with E-state index in [9.17, 15) is 19.5 Å². The maximum Gasteiger partial charge on any atom is 0.407 e. The summed E-state index contributed by atoms with van der Waals surface area (Å²) in [4.78, 5) is 41.9. The summed E-state index contributed by atoms with van der Waals surface area (Å²) in [6, 6.07) is 7.15. The predicted molar refractivity (Wildman–Crippen MR) is 164 cm³/mol. The van der Waals surface area contributed by atoms with Gasteiger partial charge in [0, 0.05) is 37.4 Å². The molecular weight excluding hydrogens is 542 g/mol. The van der Waals surface area contributed by atoms with Crippen molar-refractivity contribution < 1.29 is 29.0 Å². The number of ether oxygens (including phenoxy) is 2. The normalized spacial score (nSPS) is 17.7. The number of alkyl carbamates (subject to hydrolysis) is 1. The first-order chi connectivity index (χ1) is 19.2. The van der Waals surface area contributed by atoms with Crippen molar-refractivity contribution >= 4 is 35.4 Å². The Bertz CT molecular complexity index is 1010. The van der Waals surface area contributed by atoms with Crippen molar-refractivity contribution in [2.45, 2.75) is 108 Å². The predicted octanol–water partition coefficient (Wildman–Crippen LogP) is 5.14. The highest BCUT2D eigenvalue weighted by molar-refractivity contribution is 8.00. The van der Waals surface area contributed by atoms with Gasteiger partial charge in [0.2, 0.25) is 11.8 Å². The Morgan fingerprint density at radius 1 is 1.17 bits per heavy atom. The quantitative estimate of drug-likeness (QED) is 0.256. The van der Waals surface area contributed by atoms with Crippen molar-refractivity contribution in [3.05, 3.63) is 24.3 Å². The molecule has 1 unspecified atom stereocenters. The maximum absolute atomic E-state index is 13.7. The van der Waals surface area contributed by atoms with Crippen LogP contribution in [-0.4, -0.2) is 72.8 Å². The van der Waals surface area contributed by atoms with Crippen LogP contribution in [0.5, 0.6) is 0 Å². The molecule has 0 radical (unpaired) electrons. The Balaban J connectivity index is 2.18. The number of aliphatic hydroxyl groups excluding tert-OH is 1. The van der Waals surface area contributed by atoms with Gasteiger partial charge < -0.3 is 30.1 Å². The zero-order valence-corrected chi connectivity index (χ0v) is 26.9. The number of nitrogens with one attached hydrogen (secondary N) is 2.